The lowest BCUT2D eigenvalue weighted by molar-refractivity contribution is -0.296. The molecule has 0 aromatic heterocycles. The molecule has 33 heavy (non-hydrogen) atoms. The Hall–Kier alpha value is -3.86. The Kier molecular flexibility index (Phi) is 4.67. The summed E-state index contributed by atoms with van der Waals surface area (Å²) in [6.45, 7) is 0. The molecule has 2 saturated heterocycles. The molecule has 0 spiro atoms. The van der Waals surface area contributed by atoms with Gasteiger partial charge in [-0.05, 0) is 30.4 Å². The fourth-order valence-electron chi connectivity index (χ4n) is 6.03. The monoisotopic (exact) mass is 438 g/mol. The molecule has 1 saturated carbocycles. The largest absolute Gasteiger partial charge is 0.496 e. The average Bonchev–Trinajstić information content (AvgIpc) is 3.07. The van der Waals surface area contributed by atoms with Crippen LogP contribution in [0.2, 0.25) is 0 Å². The van der Waals surface area contributed by atoms with E-state index in [0.717, 1.165) is 12.0 Å². The molecule has 0 amide bonds. The van der Waals surface area contributed by atoms with E-state index in [4.69, 9.17) is 19.6 Å². The molecule has 1 N–H and O–H groups in total. The Bertz CT molecular complexity index is 1230. The fourth-order valence-corrected chi connectivity index (χ4v) is 6.03. The summed E-state index contributed by atoms with van der Waals surface area (Å²) in [4.78, 5) is 0. The maximum absolute atomic E-state index is 10.6. The molecule has 5 unspecified atom stereocenters. The number of methoxy groups -OCH3 is 1. The van der Waals surface area contributed by atoms with Gasteiger partial charge in [-0.15, -0.1) is 0 Å². The quantitative estimate of drug-likeness (QED) is 0.747. The van der Waals surface area contributed by atoms with Crippen LogP contribution in [-0.4, -0.2) is 18.8 Å². The number of nitrogens with one attached hydrogen (secondary N) is 1. The third kappa shape index (κ3) is 2.53. The first kappa shape index (κ1) is 21.0. The molecule has 3 fully saturated rings. The topological polar surface area (TPSA) is 123 Å². The second kappa shape index (κ2) is 7.34. The van der Waals surface area contributed by atoms with E-state index >= 15 is 0 Å². The molecule has 7 heteroatoms. The van der Waals surface area contributed by atoms with E-state index in [1.165, 1.54) is 7.11 Å². The SMILES string of the molecule is COc1ccccc1C1OC23CCC(c4ccccc4)CC2C(C#N)(C(=N)O3)C1(C#N)C#N. The molecular weight excluding hydrogens is 416 g/mol. The Balaban J connectivity index is 1.70. The van der Waals surface area contributed by atoms with Crippen LogP contribution in [0.1, 0.15) is 42.4 Å². The highest BCUT2D eigenvalue weighted by atomic mass is 16.7. The number of benzene rings is 2. The summed E-state index contributed by atoms with van der Waals surface area (Å²) in [7, 11) is 1.50. The smallest absolute Gasteiger partial charge is 0.217 e. The molecule has 5 rings (SSSR count). The van der Waals surface area contributed by atoms with E-state index < -0.39 is 28.6 Å². The molecule has 2 aromatic carbocycles. The number of ether oxygens (including phenoxy) is 3. The second-order valence-electron chi connectivity index (χ2n) is 8.87. The lowest BCUT2D eigenvalue weighted by atomic mass is 9.50. The molecule has 0 radical (unpaired) electrons. The van der Waals surface area contributed by atoms with E-state index in [1.54, 1.807) is 24.3 Å². The Labute approximate surface area is 192 Å². The summed E-state index contributed by atoms with van der Waals surface area (Å²) in [5.74, 6) is -1.69. The van der Waals surface area contributed by atoms with Gasteiger partial charge in [0, 0.05) is 12.0 Å². The standard InChI is InChI=1S/C26H22N4O3/c1-31-20-10-6-5-9-19(20)22-24(14-27,15-28)25(16-29)21-13-18(17-7-3-2-4-8-17)11-12-26(21,32-22)33-23(25)30/h2-10,18,21-22,30H,11-13H2,1H3. The lowest BCUT2D eigenvalue weighted by Crippen LogP contribution is -2.60. The van der Waals surface area contributed by atoms with E-state index in [0.29, 0.717) is 24.2 Å². The van der Waals surface area contributed by atoms with Gasteiger partial charge in [-0.1, -0.05) is 48.5 Å². The maximum Gasteiger partial charge on any atom is 0.217 e. The number of rotatable bonds is 3. The Morgan fingerprint density at radius 2 is 1.70 bits per heavy atom. The van der Waals surface area contributed by atoms with Crippen molar-refractivity contribution >= 4 is 5.90 Å². The van der Waals surface area contributed by atoms with Gasteiger partial charge in [0.05, 0.1) is 31.2 Å². The Morgan fingerprint density at radius 3 is 2.36 bits per heavy atom. The number of hydrogen-bond acceptors (Lipinski definition) is 7. The first-order valence-electron chi connectivity index (χ1n) is 10.9. The first-order valence-corrected chi connectivity index (χ1v) is 10.9. The minimum Gasteiger partial charge on any atom is -0.496 e. The molecule has 2 heterocycles. The zero-order valence-electron chi connectivity index (χ0n) is 18.1. The molecule has 5 atom stereocenters. The fraction of sp³-hybridized carbons (Fsp3) is 0.385. The van der Waals surface area contributed by atoms with Gasteiger partial charge >= 0.3 is 0 Å². The molecule has 2 aliphatic heterocycles. The molecule has 1 aliphatic carbocycles. The van der Waals surface area contributed by atoms with Crippen molar-refractivity contribution in [2.75, 3.05) is 7.11 Å². The van der Waals surface area contributed by atoms with Gasteiger partial charge in [-0.2, -0.15) is 15.8 Å². The number of hydrogen-bond donors (Lipinski definition) is 1. The highest BCUT2D eigenvalue weighted by molar-refractivity contribution is 5.89. The summed E-state index contributed by atoms with van der Waals surface area (Å²) < 4.78 is 18.1. The van der Waals surface area contributed by atoms with Gasteiger partial charge in [0.25, 0.3) is 0 Å². The first-order chi connectivity index (χ1) is 16.0. The van der Waals surface area contributed by atoms with Crippen molar-refractivity contribution in [3.63, 3.8) is 0 Å². The normalized spacial score (nSPS) is 33.5. The predicted octanol–water partition coefficient (Wildman–Crippen LogP) is 4.60. The van der Waals surface area contributed by atoms with Crippen molar-refractivity contribution in [1.29, 1.82) is 21.2 Å². The third-order valence-corrected chi connectivity index (χ3v) is 7.60. The van der Waals surface area contributed by atoms with Crippen LogP contribution >= 0.6 is 0 Å². The highest BCUT2D eigenvalue weighted by Crippen LogP contribution is 2.71. The zero-order chi connectivity index (χ0) is 23.3. The second-order valence-corrected chi connectivity index (χ2v) is 8.87. The van der Waals surface area contributed by atoms with Gasteiger partial charge in [-0.3, -0.25) is 5.41 Å². The molecule has 164 valence electrons. The third-order valence-electron chi connectivity index (χ3n) is 7.60. The van der Waals surface area contributed by atoms with E-state index in [9.17, 15) is 15.8 Å². The van der Waals surface area contributed by atoms with Crippen LogP contribution in [0.5, 0.6) is 5.75 Å². The summed E-state index contributed by atoms with van der Waals surface area (Å²) in [6.07, 6.45) is 0.543. The van der Waals surface area contributed by atoms with Crippen LogP contribution in [-0.2, 0) is 9.47 Å². The van der Waals surface area contributed by atoms with Crippen molar-refractivity contribution in [3.8, 4) is 24.0 Å². The van der Waals surface area contributed by atoms with Crippen molar-refractivity contribution in [1.82, 2.24) is 0 Å². The predicted molar refractivity (Wildman–Crippen MR) is 117 cm³/mol. The molecule has 2 bridgehead atoms. The van der Waals surface area contributed by atoms with E-state index in [1.807, 2.05) is 30.3 Å². The van der Waals surface area contributed by atoms with Crippen LogP contribution < -0.4 is 4.74 Å². The average molecular weight is 438 g/mol. The van der Waals surface area contributed by atoms with Gasteiger partial charge in [0.15, 0.2) is 5.41 Å². The van der Waals surface area contributed by atoms with Crippen LogP contribution in [0.15, 0.2) is 54.6 Å². The number of nitrogens with zero attached hydrogens (tertiary/aromatic N) is 3. The lowest BCUT2D eigenvalue weighted by Gasteiger charge is -2.52. The summed E-state index contributed by atoms with van der Waals surface area (Å²) in [5, 5.41) is 40.2. The molecule has 7 nitrogen and oxygen atoms in total. The van der Waals surface area contributed by atoms with E-state index in [-0.39, 0.29) is 11.8 Å². The maximum atomic E-state index is 10.6. The van der Waals surface area contributed by atoms with Gasteiger partial charge < -0.3 is 14.2 Å². The van der Waals surface area contributed by atoms with Crippen molar-refractivity contribution in [2.45, 2.75) is 37.1 Å². The summed E-state index contributed by atoms with van der Waals surface area (Å²) >= 11 is 0. The van der Waals surface area contributed by atoms with Crippen molar-refractivity contribution in [3.05, 3.63) is 65.7 Å². The van der Waals surface area contributed by atoms with Crippen LogP contribution in [0.3, 0.4) is 0 Å². The van der Waals surface area contributed by atoms with Crippen LogP contribution in [0.25, 0.3) is 0 Å². The van der Waals surface area contributed by atoms with Crippen LogP contribution in [0.4, 0.5) is 0 Å². The van der Waals surface area contributed by atoms with Crippen molar-refractivity contribution in [2.24, 2.45) is 16.7 Å². The van der Waals surface area contributed by atoms with Gasteiger partial charge in [0.1, 0.15) is 11.9 Å². The van der Waals surface area contributed by atoms with Gasteiger partial charge in [-0.25, -0.2) is 0 Å². The van der Waals surface area contributed by atoms with Crippen molar-refractivity contribution < 1.29 is 14.2 Å². The van der Waals surface area contributed by atoms with Gasteiger partial charge in [0.2, 0.25) is 17.1 Å². The zero-order valence-corrected chi connectivity index (χ0v) is 18.1. The van der Waals surface area contributed by atoms with E-state index in [2.05, 4.69) is 18.2 Å². The molecule has 2 aromatic rings. The minimum atomic E-state index is -1.99. The summed E-state index contributed by atoms with van der Waals surface area (Å²) in [5.41, 5.74) is -2.15. The Morgan fingerprint density at radius 1 is 1.00 bits per heavy atom. The number of nitriles is 3. The molecular formula is C26H22N4O3. The highest BCUT2D eigenvalue weighted by Gasteiger charge is 2.81. The summed E-state index contributed by atoms with van der Waals surface area (Å²) in [6, 6.07) is 23.4. The minimum absolute atomic E-state index is 0.105. The molecule has 3 aliphatic rings. The number of para-hydroxylation sites is 1. The van der Waals surface area contributed by atoms with Crippen LogP contribution in [0, 0.1) is 56.2 Å².